The van der Waals surface area contributed by atoms with Crippen LogP contribution >= 0.6 is 11.6 Å². The number of rotatable bonds is 6. The van der Waals surface area contributed by atoms with Gasteiger partial charge in [-0.05, 0) is 49.9 Å². The summed E-state index contributed by atoms with van der Waals surface area (Å²) < 4.78 is 0. The van der Waals surface area contributed by atoms with Crippen molar-refractivity contribution in [1.82, 2.24) is 4.90 Å². The van der Waals surface area contributed by atoms with Crippen molar-refractivity contribution in [2.45, 2.75) is 57.6 Å². The van der Waals surface area contributed by atoms with Crippen LogP contribution in [0.5, 0.6) is 0 Å². The molecule has 0 radical (unpaired) electrons. The number of piperidine rings is 1. The number of benzene rings is 1. The zero-order valence-electron chi connectivity index (χ0n) is 12.4. The lowest BCUT2D eigenvalue weighted by atomic mass is 9.97. The van der Waals surface area contributed by atoms with Crippen molar-refractivity contribution in [2.75, 3.05) is 13.1 Å². The van der Waals surface area contributed by atoms with E-state index in [1.165, 1.54) is 38.6 Å². The van der Waals surface area contributed by atoms with E-state index in [0.717, 1.165) is 29.6 Å². The summed E-state index contributed by atoms with van der Waals surface area (Å²) in [5.41, 5.74) is 0.971. The molecular weight excluding hydrogens is 270 g/mol. The molecule has 1 aromatic rings. The Morgan fingerprint density at radius 2 is 2.05 bits per heavy atom. The van der Waals surface area contributed by atoms with Crippen LogP contribution in [0.15, 0.2) is 24.3 Å². The zero-order chi connectivity index (χ0) is 14.4. The molecule has 0 bridgehead atoms. The van der Waals surface area contributed by atoms with Crippen molar-refractivity contribution in [3.8, 4) is 0 Å². The number of hydrogen-bond donors (Lipinski definition) is 1. The molecule has 1 aliphatic rings. The monoisotopic (exact) mass is 295 g/mol. The highest BCUT2D eigenvalue weighted by molar-refractivity contribution is 6.30. The highest BCUT2D eigenvalue weighted by Gasteiger charge is 2.22. The minimum absolute atomic E-state index is 0.378. The third-order valence-electron chi connectivity index (χ3n) is 4.32. The van der Waals surface area contributed by atoms with Gasteiger partial charge in [0.1, 0.15) is 0 Å². The molecule has 0 amide bonds. The maximum atomic E-state index is 10.3. The van der Waals surface area contributed by atoms with Gasteiger partial charge in [0.2, 0.25) is 0 Å². The van der Waals surface area contributed by atoms with E-state index in [2.05, 4.69) is 11.8 Å². The van der Waals surface area contributed by atoms with Gasteiger partial charge in [-0.25, -0.2) is 0 Å². The Bertz CT molecular complexity index is 390. The molecular formula is C17H26ClNO. The number of aliphatic hydroxyl groups excluding tert-OH is 1. The van der Waals surface area contributed by atoms with Crippen molar-refractivity contribution >= 4 is 11.6 Å². The SMILES string of the molecule is CCCC1CCCCN1CCC(O)c1ccc(Cl)cc1. The first kappa shape index (κ1) is 15.8. The summed E-state index contributed by atoms with van der Waals surface area (Å²) in [4.78, 5) is 2.58. The summed E-state index contributed by atoms with van der Waals surface area (Å²) in [6.45, 7) is 4.45. The molecule has 0 saturated carbocycles. The lowest BCUT2D eigenvalue weighted by molar-refractivity contribution is 0.0988. The quantitative estimate of drug-likeness (QED) is 0.840. The number of hydrogen-bond acceptors (Lipinski definition) is 2. The average Bonchev–Trinajstić information content (AvgIpc) is 2.47. The van der Waals surface area contributed by atoms with Crippen LogP contribution in [0.25, 0.3) is 0 Å². The van der Waals surface area contributed by atoms with Crippen molar-refractivity contribution in [3.05, 3.63) is 34.9 Å². The molecule has 0 aliphatic carbocycles. The van der Waals surface area contributed by atoms with Crippen LogP contribution in [0.1, 0.15) is 57.1 Å². The Kier molecular flexibility index (Phi) is 6.34. The molecule has 20 heavy (non-hydrogen) atoms. The van der Waals surface area contributed by atoms with Gasteiger partial charge < -0.3 is 10.0 Å². The van der Waals surface area contributed by atoms with Gasteiger partial charge in [0.25, 0.3) is 0 Å². The summed E-state index contributed by atoms with van der Waals surface area (Å²) in [6.07, 6.45) is 6.96. The van der Waals surface area contributed by atoms with Gasteiger partial charge in [-0.15, -0.1) is 0 Å². The maximum absolute atomic E-state index is 10.3. The number of halogens is 1. The molecule has 3 heteroatoms. The van der Waals surface area contributed by atoms with E-state index in [1.807, 2.05) is 24.3 Å². The lowest BCUT2D eigenvalue weighted by Crippen LogP contribution is -2.40. The second-order valence-corrected chi connectivity index (χ2v) is 6.27. The number of aliphatic hydroxyl groups is 1. The fourth-order valence-corrected chi connectivity index (χ4v) is 3.28. The summed E-state index contributed by atoms with van der Waals surface area (Å²) in [6, 6.07) is 8.27. The Balaban J connectivity index is 1.85. The zero-order valence-corrected chi connectivity index (χ0v) is 13.1. The molecule has 1 aliphatic heterocycles. The van der Waals surface area contributed by atoms with E-state index in [0.29, 0.717) is 0 Å². The minimum atomic E-state index is -0.378. The normalized spacial score (nSPS) is 21.9. The first-order chi connectivity index (χ1) is 9.70. The van der Waals surface area contributed by atoms with Gasteiger partial charge in [0.15, 0.2) is 0 Å². The molecule has 0 spiro atoms. The topological polar surface area (TPSA) is 23.5 Å². The average molecular weight is 296 g/mol. The fraction of sp³-hybridized carbons (Fsp3) is 0.647. The van der Waals surface area contributed by atoms with Gasteiger partial charge >= 0.3 is 0 Å². The van der Waals surface area contributed by atoms with Crippen molar-refractivity contribution < 1.29 is 5.11 Å². The van der Waals surface area contributed by atoms with Crippen LogP contribution < -0.4 is 0 Å². The van der Waals surface area contributed by atoms with E-state index >= 15 is 0 Å². The van der Waals surface area contributed by atoms with Crippen LogP contribution in [0, 0.1) is 0 Å². The summed E-state index contributed by atoms with van der Waals surface area (Å²) in [5.74, 6) is 0. The standard InChI is InChI=1S/C17H26ClNO/c1-2-5-16-6-3-4-12-19(16)13-11-17(20)14-7-9-15(18)10-8-14/h7-10,16-17,20H,2-6,11-13H2,1H3. The van der Waals surface area contributed by atoms with Gasteiger partial charge in [-0.3, -0.25) is 0 Å². The predicted octanol–water partition coefficient (Wildman–Crippen LogP) is 4.42. The molecule has 1 N–H and O–H groups in total. The summed E-state index contributed by atoms with van der Waals surface area (Å²) >= 11 is 5.88. The third kappa shape index (κ3) is 4.47. The van der Waals surface area contributed by atoms with Crippen LogP contribution in [-0.4, -0.2) is 29.1 Å². The molecule has 2 unspecified atom stereocenters. The van der Waals surface area contributed by atoms with E-state index in [-0.39, 0.29) is 6.10 Å². The van der Waals surface area contributed by atoms with E-state index in [1.54, 1.807) is 0 Å². The highest BCUT2D eigenvalue weighted by Crippen LogP contribution is 2.24. The smallest absolute Gasteiger partial charge is 0.0802 e. The molecule has 1 heterocycles. The van der Waals surface area contributed by atoms with Crippen LogP contribution in [0.2, 0.25) is 5.02 Å². The molecule has 1 saturated heterocycles. The largest absolute Gasteiger partial charge is 0.388 e. The highest BCUT2D eigenvalue weighted by atomic mass is 35.5. The molecule has 2 nitrogen and oxygen atoms in total. The van der Waals surface area contributed by atoms with Gasteiger partial charge in [-0.1, -0.05) is 43.5 Å². The van der Waals surface area contributed by atoms with Crippen LogP contribution in [0.3, 0.4) is 0 Å². The Labute approximate surface area is 127 Å². The van der Waals surface area contributed by atoms with E-state index < -0.39 is 0 Å². The van der Waals surface area contributed by atoms with Gasteiger partial charge in [0.05, 0.1) is 6.10 Å². The van der Waals surface area contributed by atoms with Gasteiger partial charge in [0, 0.05) is 17.6 Å². The van der Waals surface area contributed by atoms with Crippen molar-refractivity contribution in [1.29, 1.82) is 0 Å². The predicted molar refractivity (Wildman–Crippen MR) is 85.1 cm³/mol. The molecule has 1 aromatic carbocycles. The molecule has 1 fully saturated rings. The maximum Gasteiger partial charge on any atom is 0.0802 e. The Morgan fingerprint density at radius 1 is 1.30 bits per heavy atom. The van der Waals surface area contributed by atoms with E-state index in [4.69, 9.17) is 11.6 Å². The van der Waals surface area contributed by atoms with Crippen LogP contribution in [0.4, 0.5) is 0 Å². The molecule has 112 valence electrons. The van der Waals surface area contributed by atoms with Crippen LogP contribution in [-0.2, 0) is 0 Å². The van der Waals surface area contributed by atoms with Gasteiger partial charge in [-0.2, -0.15) is 0 Å². The summed E-state index contributed by atoms with van der Waals surface area (Å²) in [7, 11) is 0. The first-order valence-corrected chi connectivity index (χ1v) is 8.26. The van der Waals surface area contributed by atoms with Crippen molar-refractivity contribution in [3.63, 3.8) is 0 Å². The molecule has 0 aromatic heterocycles. The first-order valence-electron chi connectivity index (χ1n) is 7.88. The lowest BCUT2D eigenvalue weighted by Gasteiger charge is -2.36. The van der Waals surface area contributed by atoms with E-state index in [9.17, 15) is 5.11 Å². The minimum Gasteiger partial charge on any atom is -0.388 e. The Hall–Kier alpha value is -0.570. The summed E-state index contributed by atoms with van der Waals surface area (Å²) in [5, 5.41) is 11.0. The second-order valence-electron chi connectivity index (χ2n) is 5.83. The third-order valence-corrected chi connectivity index (χ3v) is 4.57. The van der Waals surface area contributed by atoms with Crippen molar-refractivity contribution in [2.24, 2.45) is 0 Å². The molecule has 2 rings (SSSR count). The number of nitrogens with zero attached hydrogens (tertiary/aromatic N) is 1. The second kappa shape index (κ2) is 8.02. The molecule has 2 atom stereocenters. The number of likely N-dealkylation sites (tertiary alicyclic amines) is 1. The Morgan fingerprint density at radius 3 is 2.75 bits per heavy atom. The fourth-order valence-electron chi connectivity index (χ4n) is 3.15.